The number of thioether (sulfide) groups is 1. The third kappa shape index (κ3) is 5.31. The van der Waals surface area contributed by atoms with Gasteiger partial charge in [0, 0.05) is 22.0 Å². The largest absolute Gasteiger partial charge is 0.347 e. The maximum absolute atomic E-state index is 12.3. The van der Waals surface area contributed by atoms with Crippen LogP contribution in [-0.2, 0) is 14.4 Å². The third-order valence-corrected chi connectivity index (χ3v) is 6.03. The topological polar surface area (TPSA) is 87.3 Å². The van der Waals surface area contributed by atoms with Gasteiger partial charge < -0.3 is 16.0 Å². The standard InChI is InChI=1S/C21H22ClN3O3S/c1-11-6-12(2)20(13(3)7-11)25-19(27)10-23-18(26)9-17-21(28)24-15-8-14(22)4-5-16(15)29-17/h4-8,17H,9-10H2,1-3H3,(H,23,26)(H,24,28)(H,25,27)/t17-/m1/s1. The maximum atomic E-state index is 12.3. The van der Waals surface area contributed by atoms with Crippen LogP contribution in [0.15, 0.2) is 35.2 Å². The Bertz CT molecular complexity index is 970. The normalized spacial score (nSPS) is 15.3. The fraction of sp³-hybridized carbons (Fsp3) is 0.286. The molecule has 0 saturated carbocycles. The average molecular weight is 432 g/mol. The highest BCUT2D eigenvalue weighted by atomic mass is 35.5. The number of carbonyl (C=O) groups is 3. The first-order chi connectivity index (χ1) is 13.7. The molecule has 1 aliphatic rings. The molecule has 1 heterocycles. The molecule has 3 amide bonds. The molecule has 2 aromatic carbocycles. The van der Waals surface area contributed by atoms with E-state index in [1.165, 1.54) is 11.8 Å². The first-order valence-electron chi connectivity index (χ1n) is 9.14. The third-order valence-electron chi connectivity index (χ3n) is 4.52. The Morgan fingerprint density at radius 3 is 2.48 bits per heavy atom. The maximum Gasteiger partial charge on any atom is 0.243 e. The van der Waals surface area contributed by atoms with Crippen LogP contribution in [0, 0.1) is 20.8 Å². The smallest absolute Gasteiger partial charge is 0.243 e. The molecule has 0 aliphatic carbocycles. The van der Waals surface area contributed by atoms with Gasteiger partial charge in [-0.25, -0.2) is 0 Å². The summed E-state index contributed by atoms with van der Waals surface area (Å²) in [5, 5.41) is 8.17. The summed E-state index contributed by atoms with van der Waals surface area (Å²) in [6.07, 6.45) is -0.0194. The lowest BCUT2D eigenvalue weighted by molar-refractivity contribution is -0.125. The Kier molecular flexibility index (Phi) is 6.49. The number of hydrogen-bond donors (Lipinski definition) is 3. The van der Waals surface area contributed by atoms with E-state index in [0.717, 1.165) is 27.3 Å². The second kappa shape index (κ2) is 8.88. The quantitative estimate of drug-likeness (QED) is 0.671. The molecule has 0 saturated heterocycles. The summed E-state index contributed by atoms with van der Waals surface area (Å²) in [4.78, 5) is 37.6. The monoisotopic (exact) mass is 431 g/mol. The summed E-state index contributed by atoms with van der Waals surface area (Å²) in [6.45, 7) is 5.70. The molecule has 0 unspecified atom stereocenters. The van der Waals surface area contributed by atoms with Crippen molar-refractivity contribution < 1.29 is 14.4 Å². The van der Waals surface area contributed by atoms with Gasteiger partial charge in [-0.2, -0.15) is 0 Å². The van der Waals surface area contributed by atoms with Gasteiger partial charge in [0.1, 0.15) is 0 Å². The number of carbonyl (C=O) groups excluding carboxylic acids is 3. The van der Waals surface area contributed by atoms with Gasteiger partial charge >= 0.3 is 0 Å². The zero-order chi connectivity index (χ0) is 21.1. The van der Waals surface area contributed by atoms with Crippen LogP contribution in [0.3, 0.4) is 0 Å². The van der Waals surface area contributed by atoms with Crippen molar-refractivity contribution in [2.24, 2.45) is 0 Å². The molecular weight excluding hydrogens is 410 g/mol. The zero-order valence-corrected chi connectivity index (χ0v) is 18.0. The highest BCUT2D eigenvalue weighted by molar-refractivity contribution is 8.01. The first kappa shape index (κ1) is 21.2. The zero-order valence-electron chi connectivity index (χ0n) is 16.4. The van der Waals surface area contributed by atoms with Crippen molar-refractivity contribution in [3.8, 4) is 0 Å². The van der Waals surface area contributed by atoms with Gasteiger partial charge in [-0.1, -0.05) is 29.3 Å². The molecule has 0 aromatic heterocycles. The van der Waals surface area contributed by atoms with Crippen LogP contribution in [0.5, 0.6) is 0 Å². The molecule has 8 heteroatoms. The lowest BCUT2D eigenvalue weighted by Crippen LogP contribution is -2.38. The van der Waals surface area contributed by atoms with E-state index in [2.05, 4.69) is 16.0 Å². The number of fused-ring (bicyclic) bond motifs is 1. The summed E-state index contributed by atoms with van der Waals surface area (Å²) in [5.41, 5.74) is 4.46. The van der Waals surface area contributed by atoms with Crippen molar-refractivity contribution in [1.82, 2.24) is 5.32 Å². The first-order valence-corrected chi connectivity index (χ1v) is 10.4. The van der Waals surface area contributed by atoms with Gasteiger partial charge in [0.05, 0.1) is 17.5 Å². The van der Waals surface area contributed by atoms with Crippen molar-refractivity contribution >= 4 is 52.5 Å². The van der Waals surface area contributed by atoms with Crippen LogP contribution in [-0.4, -0.2) is 29.5 Å². The van der Waals surface area contributed by atoms with Crippen LogP contribution in [0.1, 0.15) is 23.1 Å². The van der Waals surface area contributed by atoms with E-state index in [1.807, 2.05) is 39.0 Å². The van der Waals surface area contributed by atoms with Crippen LogP contribution in [0.4, 0.5) is 11.4 Å². The molecule has 6 nitrogen and oxygen atoms in total. The summed E-state index contributed by atoms with van der Waals surface area (Å²) in [5.74, 6) is -0.924. The van der Waals surface area contributed by atoms with Crippen molar-refractivity contribution in [2.45, 2.75) is 37.3 Å². The summed E-state index contributed by atoms with van der Waals surface area (Å²) in [7, 11) is 0. The second-order valence-electron chi connectivity index (χ2n) is 7.04. The molecule has 0 radical (unpaired) electrons. The summed E-state index contributed by atoms with van der Waals surface area (Å²) in [6, 6.07) is 9.21. The molecule has 1 aliphatic heterocycles. The predicted molar refractivity (Wildman–Crippen MR) is 117 cm³/mol. The van der Waals surface area contributed by atoms with Gasteiger partial charge in [-0.05, 0) is 50.1 Å². The average Bonchev–Trinajstić information content (AvgIpc) is 2.64. The number of rotatable bonds is 5. The number of anilines is 2. The lowest BCUT2D eigenvalue weighted by Gasteiger charge is -2.23. The molecule has 0 fully saturated rings. The van der Waals surface area contributed by atoms with Crippen molar-refractivity contribution in [3.05, 3.63) is 52.0 Å². The lowest BCUT2D eigenvalue weighted by atomic mass is 10.1. The minimum absolute atomic E-state index is 0.0194. The Hall–Kier alpha value is -2.51. The fourth-order valence-electron chi connectivity index (χ4n) is 3.24. The molecule has 0 spiro atoms. The van der Waals surface area contributed by atoms with E-state index in [4.69, 9.17) is 11.6 Å². The van der Waals surface area contributed by atoms with E-state index in [1.54, 1.807) is 12.1 Å². The molecule has 2 aromatic rings. The van der Waals surface area contributed by atoms with Gasteiger partial charge in [0.2, 0.25) is 17.7 Å². The summed E-state index contributed by atoms with van der Waals surface area (Å²) < 4.78 is 0. The molecule has 0 bridgehead atoms. The molecule has 29 heavy (non-hydrogen) atoms. The van der Waals surface area contributed by atoms with Crippen molar-refractivity contribution in [2.75, 3.05) is 17.2 Å². The Labute approximate surface area is 178 Å². The molecule has 3 N–H and O–H groups in total. The van der Waals surface area contributed by atoms with E-state index < -0.39 is 5.25 Å². The van der Waals surface area contributed by atoms with E-state index in [-0.39, 0.29) is 30.7 Å². The van der Waals surface area contributed by atoms with Gasteiger partial charge in [0.25, 0.3) is 0 Å². The number of hydrogen-bond acceptors (Lipinski definition) is 4. The van der Waals surface area contributed by atoms with Crippen LogP contribution in [0.2, 0.25) is 5.02 Å². The number of nitrogens with one attached hydrogen (secondary N) is 3. The number of halogens is 1. The SMILES string of the molecule is Cc1cc(C)c(NC(=O)CNC(=O)C[C@H]2Sc3ccc(Cl)cc3NC2=O)c(C)c1. The minimum Gasteiger partial charge on any atom is -0.347 e. The molecule has 1 atom stereocenters. The highest BCUT2D eigenvalue weighted by Gasteiger charge is 2.29. The van der Waals surface area contributed by atoms with E-state index in [0.29, 0.717) is 10.7 Å². The Morgan fingerprint density at radius 1 is 1.10 bits per heavy atom. The summed E-state index contributed by atoms with van der Waals surface area (Å²) >= 11 is 7.25. The van der Waals surface area contributed by atoms with Crippen molar-refractivity contribution in [1.29, 1.82) is 0 Å². The number of amides is 3. The highest BCUT2D eigenvalue weighted by Crippen LogP contribution is 2.38. The van der Waals surface area contributed by atoms with E-state index >= 15 is 0 Å². The fourth-order valence-corrected chi connectivity index (χ4v) is 4.50. The Morgan fingerprint density at radius 2 is 1.79 bits per heavy atom. The molecule has 3 rings (SSSR count). The molecule has 152 valence electrons. The Balaban J connectivity index is 1.53. The second-order valence-corrected chi connectivity index (χ2v) is 8.72. The molecular formula is C21H22ClN3O3S. The van der Waals surface area contributed by atoms with E-state index in [9.17, 15) is 14.4 Å². The van der Waals surface area contributed by atoms with Crippen molar-refractivity contribution in [3.63, 3.8) is 0 Å². The predicted octanol–water partition coefficient (Wildman–Crippen LogP) is 3.82. The van der Waals surface area contributed by atoms with Gasteiger partial charge in [-0.3, -0.25) is 14.4 Å². The number of benzene rings is 2. The van der Waals surface area contributed by atoms with Crippen LogP contribution < -0.4 is 16.0 Å². The number of aryl methyl sites for hydroxylation is 3. The van der Waals surface area contributed by atoms with Crippen LogP contribution in [0.25, 0.3) is 0 Å². The minimum atomic E-state index is -0.562. The van der Waals surface area contributed by atoms with Gasteiger partial charge in [-0.15, -0.1) is 11.8 Å². The van der Waals surface area contributed by atoms with Gasteiger partial charge in [0.15, 0.2) is 0 Å². The van der Waals surface area contributed by atoms with Crippen LogP contribution >= 0.6 is 23.4 Å².